The van der Waals surface area contributed by atoms with Crippen molar-refractivity contribution in [1.29, 1.82) is 0 Å². The van der Waals surface area contributed by atoms with Crippen LogP contribution in [0.3, 0.4) is 0 Å². The lowest BCUT2D eigenvalue weighted by atomic mass is 9.86. The van der Waals surface area contributed by atoms with Crippen molar-refractivity contribution in [2.24, 2.45) is 0 Å². The maximum atomic E-state index is 12.8. The van der Waals surface area contributed by atoms with Gasteiger partial charge >= 0.3 is 0 Å². The minimum Gasteiger partial charge on any atom is -0.494 e. The number of nitrogens with one attached hydrogen (secondary N) is 2. The molecule has 0 atom stereocenters. The Morgan fingerprint density at radius 3 is 2.18 bits per heavy atom. The van der Waals surface area contributed by atoms with Gasteiger partial charge in [-0.15, -0.1) is 0 Å². The predicted octanol–water partition coefficient (Wildman–Crippen LogP) is 5.65. The van der Waals surface area contributed by atoms with Crippen LogP contribution in [-0.2, 0) is 10.2 Å². The molecule has 2 amide bonds. The average Bonchev–Trinajstić information content (AvgIpc) is 2.79. The van der Waals surface area contributed by atoms with Gasteiger partial charge in [0.05, 0.1) is 17.9 Å². The van der Waals surface area contributed by atoms with E-state index in [1.807, 2.05) is 31.2 Å². The summed E-state index contributed by atoms with van der Waals surface area (Å²) in [5.41, 5.74) is 2.31. The molecule has 172 valence electrons. The van der Waals surface area contributed by atoms with Crippen molar-refractivity contribution in [3.05, 3.63) is 83.9 Å². The quantitative estimate of drug-likeness (QED) is 0.469. The van der Waals surface area contributed by atoms with Gasteiger partial charge in [0.2, 0.25) is 0 Å². The highest BCUT2D eigenvalue weighted by molar-refractivity contribution is 6.10. The fourth-order valence-corrected chi connectivity index (χ4v) is 3.33. The molecule has 0 spiro atoms. The number of hydrogen-bond acceptors (Lipinski definition) is 4. The predicted molar refractivity (Wildman–Crippen MR) is 131 cm³/mol. The first-order chi connectivity index (χ1) is 15.8. The van der Waals surface area contributed by atoms with Gasteiger partial charge in [-0.2, -0.15) is 0 Å². The third-order valence-electron chi connectivity index (χ3n) is 4.92. The third-order valence-corrected chi connectivity index (χ3v) is 4.92. The molecule has 0 aliphatic heterocycles. The van der Waals surface area contributed by atoms with Gasteiger partial charge in [-0.25, -0.2) is 0 Å². The van der Waals surface area contributed by atoms with Gasteiger partial charge in [0.1, 0.15) is 11.5 Å². The summed E-state index contributed by atoms with van der Waals surface area (Å²) in [6.07, 6.45) is 0. The van der Waals surface area contributed by atoms with E-state index in [9.17, 15) is 9.59 Å². The second kappa shape index (κ2) is 10.7. The van der Waals surface area contributed by atoms with Crippen LogP contribution in [0.4, 0.5) is 11.4 Å². The first-order valence-corrected chi connectivity index (χ1v) is 10.9. The normalized spacial score (nSPS) is 10.9. The van der Waals surface area contributed by atoms with Crippen LogP contribution in [0, 0.1) is 0 Å². The van der Waals surface area contributed by atoms with Crippen LogP contribution in [0.5, 0.6) is 11.5 Å². The minimum atomic E-state index is -0.347. The zero-order valence-corrected chi connectivity index (χ0v) is 19.5. The Morgan fingerprint density at radius 1 is 0.818 bits per heavy atom. The van der Waals surface area contributed by atoms with Crippen LogP contribution in [0.25, 0.3) is 0 Å². The van der Waals surface area contributed by atoms with E-state index in [0.29, 0.717) is 29.3 Å². The molecule has 3 aromatic carbocycles. The Balaban J connectivity index is 1.65. The summed E-state index contributed by atoms with van der Waals surface area (Å²) in [4.78, 5) is 25.4. The second-order valence-corrected chi connectivity index (χ2v) is 8.54. The molecule has 0 unspecified atom stereocenters. The number of rotatable bonds is 8. The van der Waals surface area contributed by atoms with Gasteiger partial charge in [0.15, 0.2) is 6.61 Å². The summed E-state index contributed by atoms with van der Waals surface area (Å²) in [6, 6.07) is 21.7. The number of carbonyl (C=O) groups is 2. The van der Waals surface area contributed by atoms with E-state index in [4.69, 9.17) is 9.47 Å². The van der Waals surface area contributed by atoms with Crippen molar-refractivity contribution in [2.75, 3.05) is 23.8 Å². The molecule has 3 rings (SSSR count). The number of amides is 2. The molecule has 0 aromatic heterocycles. The van der Waals surface area contributed by atoms with E-state index in [0.717, 1.165) is 11.3 Å². The van der Waals surface area contributed by atoms with E-state index >= 15 is 0 Å². The molecule has 0 heterocycles. The fourth-order valence-electron chi connectivity index (χ4n) is 3.33. The second-order valence-electron chi connectivity index (χ2n) is 8.54. The number of para-hydroxylation sites is 2. The maximum Gasteiger partial charge on any atom is 0.262 e. The smallest absolute Gasteiger partial charge is 0.262 e. The van der Waals surface area contributed by atoms with Gasteiger partial charge < -0.3 is 20.1 Å². The summed E-state index contributed by atoms with van der Waals surface area (Å²) in [7, 11) is 0. The minimum absolute atomic E-state index is 0.112. The zero-order valence-electron chi connectivity index (χ0n) is 19.5. The first-order valence-electron chi connectivity index (χ1n) is 10.9. The highest BCUT2D eigenvalue weighted by Gasteiger charge is 2.19. The molecule has 0 fully saturated rings. The van der Waals surface area contributed by atoms with Gasteiger partial charge in [0.25, 0.3) is 11.8 Å². The SMILES string of the molecule is CCOc1ccc(NC(=O)c2ccccc2NC(=O)COc2ccccc2C(C)(C)C)cc1. The lowest BCUT2D eigenvalue weighted by Gasteiger charge is -2.22. The lowest BCUT2D eigenvalue weighted by Crippen LogP contribution is -2.23. The number of benzene rings is 3. The van der Waals surface area contributed by atoms with E-state index in [-0.39, 0.29) is 23.8 Å². The van der Waals surface area contributed by atoms with E-state index in [1.165, 1.54) is 0 Å². The molecule has 6 heteroatoms. The molecule has 3 aromatic rings. The molecule has 0 aliphatic rings. The Hall–Kier alpha value is -3.80. The van der Waals surface area contributed by atoms with Gasteiger partial charge in [0, 0.05) is 5.69 Å². The summed E-state index contributed by atoms with van der Waals surface area (Å²) < 4.78 is 11.2. The summed E-state index contributed by atoms with van der Waals surface area (Å²) in [5, 5.41) is 5.63. The number of hydrogen-bond donors (Lipinski definition) is 2. The molecule has 6 nitrogen and oxygen atoms in total. The van der Waals surface area contributed by atoms with Crippen LogP contribution in [0.15, 0.2) is 72.8 Å². The Kier molecular flexibility index (Phi) is 7.72. The third kappa shape index (κ3) is 6.59. The molecule has 0 radical (unpaired) electrons. The largest absolute Gasteiger partial charge is 0.494 e. The number of ether oxygens (including phenoxy) is 2. The van der Waals surface area contributed by atoms with E-state index in [1.54, 1.807) is 48.5 Å². The first kappa shape index (κ1) is 23.9. The van der Waals surface area contributed by atoms with Gasteiger partial charge in [-0.05, 0) is 60.4 Å². The molecule has 33 heavy (non-hydrogen) atoms. The molecule has 0 aliphatic carbocycles. The lowest BCUT2D eigenvalue weighted by molar-refractivity contribution is -0.118. The molecule has 0 saturated heterocycles. The zero-order chi connectivity index (χ0) is 23.8. The summed E-state index contributed by atoms with van der Waals surface area (Å²) >= 11 is 0. The average molecular weight is 447 g/mol. The van der Waals surface area contributed by atoms with Crippen LogP contribution in [0.2, 0.25) is 0 Å². The number of anilines is 2. The van der Waals surface area contributed by atoms with Crippen molar-refractivity contribution < 1.29 is 19.1 Å². The summed E-state index contributed by atoms with van der Waals surface area (Å²) in [6.45, 7) is 8.60. The molecular weight excluding hydrogens is 416 g/mol. The topological polar surface area (TPSA) is 76.7 Å². The van der Waals surface area contributed by atoms with Gasteiger partial charge in [-0.3, -0.25) is 9.59 Å². The highest BCUT2D eigenvalue weighted by atomic mass is 16.5. The van der Waals surface area contributed by atoms with Crippen LogP contribution < -0.4 is 20.1 Å². The van der Waals surface area contributed by atoms with E-state index in [2.05, 4.69) is 31.4 Å². The number of carbonyl (C=O) groups excluding carboxylic acids is 2. The van der Waals surface area contributed by atoms with Crippen LogP contribution in [-0.4, -0.2) is 25.0 Å². The van der Waals surface area contributed by atoms with Gasteiger partial charge in [-0.1, -0.05) is 51.1 Å². The monoisotopic (exact) mass is 446 g/mol. The maximum absolute atomic E-state index is 12.8. The molecule has 0 saturated carbocycles. The standard InChI is InChI=1S/C27H30N2O4/c1-5-32-20-16-14-19(15-17-20)28-26(31)21-10-6-8-12-23(21)29-25(30)18-33-24-13-9-7-11-22(24)27(2,3)4/h6-17H,5,18H2,1-4H3,(H,28,31)(H,29,30). The van der Waals surface area contributed by atoms with Crippen molar-refractivity contribution in [2.45, 2.75) is 33.1 Å². The Morgan fingerprint density at radius 2 is 1.48 bits per heavy atom. The van der Waals surface area contributed by atoms with Crippen LogP contribution in [0.1, 0.15) is 43.6 Å². The highest BCUT2D eigenvalue weighted by Crippen LogP contribution is 2.31. The van der Waals surface area contributed by atoms with Crippen LogP contribution >= 0.6 is 0 Å². The Labute approximate surface area is 194 Å². The van der Waals surface area contributed by atoms with Crippen molar-refractivity contribution >= 4 is 23.2 Å². The molecular formula is C27H30N2O4. The fraction of sp³-hybridized carbons (Fsp3) is 0.259. The van der Waals surface area contributed by atoms with Crippen molar-refractivity contribution in [3.8, 4) is 11.5 Å². The molecule has 0 bridgehead atoms. The van der Waals surface area contributed by atoms with Crippen molar-refractivity contribution in [3.63, 3.8) is 0 Å². The Bertz CT molecular complexity index is 1100. The summed E-state index contributed by atoms with van der Waals surface area (Å²) in [5.74, 6) is 0.729. The van der Waals surface area contributed by atoms with Crippen molar-refractivity contribution in [1.82, 2.24) is 0 Å². The molecule has 2 N–H and O–H groups in total. The van der Waals surface area contributed by atoms with E-state index < -0.39 is 0 Å².